The molecule has 2 fully saturated rings. The van der Waals surface area contributed by atoms with E-state index in [4.69, 9.17) is 5.73 Å². The van der Waals surface area contributed by atoms with Gasteiger partial charge in [-0.3, -0.25) is 0 Å². The lowest BCUT2D eigenvalue weighted by Gasteiger charge is -2.33. The van der Waals surface area contributed by atoms with Crippen LogP contribution in [-0.4, -0.2) is 18.1 Å². The predicted molar refractivity (Wildman–Crippen MR) is 74.0 cm³/mol. The van der Waals surface area contributed by atoms with Crippen molar-refractivity contribution in [2.24, 2.45) is 17.1 Å². The second-order valence-electron chi connectivity index (χ2n) is 7.25. The van der Waals surface area contributed by atoms with Crippen molar-refractivity contribution in [3.63, 3.8) is 0 Å². The third-order valence-electron chi connectivity index (χ3n) is 5.16. The quantitative estimate of drug-likeness (QED) is 0.790. The van der Waals surface area contributed by atoms with Gasteiger partial charge in [-0.05, 0) is 49.9 Å². The highest BCUT2D eigenvalue weighted by molar-refractivity contribution is 5.00. The van der Waals surface area contributed by atoms with Gasteiger partial charge in [0.25, 0.3) is 0 Å². The second kappa shape index (κ2) is 4.89. The van der Waals surface area contributed by atoms with Crippen LogP contribution in [0.2, 0.25) is 0 Å². The van der Waals surface area contributed by atoms with Crippen molar-refractivity contribution in [3.8, 4) is 0 Å². The second-order valence-corrected chi connectivity index (χ2v) is 7.25. The number of hydrogen-bond acceptors (Lipinski definition) is 2. The molecule has 2 rings (SSSR count). The summed E-state index contributed by atoms with van der Waals surface area (Å²) in [6.45, 7) is 7.93. The van der Waals surface area contributed by atoms with Gasteiger partial charge in [0.1, 0.15) is 0 Å². The Morgan fingerprint density at radius 2 is 1.94 bits per heavy atom. The molecule has 3 unspecified atom stereocenters. The molecule has 2 aliphatic carbocycles. The summed E-state index contributed by atoms with van der Waals surface area (Å²) in [5.74, 6) is 0.903. The summed E-state index contributed by atoms with van der Waals surface area (Å²) < 4.78 is 0. The summed E-state index contributed by atoms with van der Waals surface area (Å²) in [4.78, 5) is 0. The average Bonchev–Trinajstić information content (AvgIpc) is 2.84. The summed E-state index contributed by atoms with van der Waals surface area (Å²) >= 11 is 0. The van der Waals surface area contributed by atoms with Crippen LogP contribution in [0.1, 0.15) is 65.7 Å². The molecule has 0 radical (unpaired) electrons. The standard InChI is InChI=1S/C15H30N2/c1-4-12-5-8-15(9-12,11-16)17-13-6-7-14(2,3)10-13/h12-13,17H,4-11,16H2,1-3H3. The maximum atomic E-state index is 6.07. The van der Waals surface area contributed by atoms with Gasteiger partial charge in [-0.1, -0.05) is 27.2 Å². The van der Waals surface area contributed by atoms with Crippen molar-refractivity contribution in [2.45, 2.75) is 77.3 Å². The molecule has 2 heteroatoms. The maximum Gasteiger partial charge on any atom is 0.0309 e. The lowest BCUT2D eigenvalue weighted by Crippen LogP contribution is -2.53. The van der Waals surface area contributed by atoms with Crippen LogP contribution in [0.25, 0.3) is 0 Å². The molecule has 0 aromatic heterocycles. The first-order valence-electron chi connectivity index (χ1n) is 7.46. The monoisotopic (exact) mass is 238 g/mol. The molecule has 100 valence electrons. The predicted octanol–water partition coefficient (Wildman–Crippen LogP) is 3.06. The highest BCUT2D eigenvalue weighted by Gasteiger charge is 2.41. The van der Waals surface area contributed by atoms with Gasteiger partial charge in [0, 0.05) is 18.1 Å². The van der Waals surface area contributed by atoms with Gasteiger partial charge >= 0.3 is 0 Å². The van der Waals surface area contributed by atoms with E-state index in [1.165, 1.54) is 44.9 Å². The van der Waals surface area contributed by atoms with E-state index < -0.39 is 0 Å². The molecule has 2 saturated carbocycles. The molecule has 0 heterocycles. The van der Waals surface area contributed by atoms with E-state index in [-0.39, 0.29) is 5.54 Å². The van der Waals surface area contributed by atoms with Crippen molar-refractivity contribution in [1.82, 2.24) is 5.32 Å². The first kappa shape index (κ1) is 13.4. The molecule has 0 aliphatic heterocycles. The Bertz CT molecular complexity index is 262. The summed E-state index contributed by atoms with van der Waals surface area (Å²) in [5, 5.41) is 3.94. The fraction of sp³-hybridized carbons (Fsp3) is 1.00. The molecule has 0 spiro atoms. The SMILES string of the molecule is CCC1CCC(CN)(NC2CCC(C)(C)C2)C1. The van der Waals surface area contributed by atoms with E-state index >= 15 is 0 Å². The van der Waals surface area contributed by atoms with Crippen LogP contribution in [0, 0.1) is 11.3 Å². The fourth-order valence-corrected chi connectivity index (χ4v) is 3.95. The lowest BCUT2D eigenvalue weighted by atomic mass is 9.90. The zero-order valence-electron chi connectivity index (χ0n) is 11.9. The minimum Gasteiger partial charge on any atom is -0.329 e. The normalized spacial score (nSPS) is 40.9. The highest BCUT2D eigenvalue weighted by atomic mass is 15.0. The van der Waals surface area contributed by atoms with Crippen molar-refractivity contribution in [1.29, 1.82) is 0 Å². The van der Waals surface area contributed by atoms with E-state index in [0.29, 0.717) is 11.5 Å². The van der Waals surface area contributed by atoms with E-state index in [1.807, 2.05) is 0 Å². The zero-order chi connectivity index (χ0) is 12.5. The van der Waals surface area contributed by atoms with Crippen LogP contribution in [0.3, 0.4) is 0 Å². The Hall–Kier alpha value is -0.0800. The van der Waals surface area contributed by atoms with E-state index in [9.17, 15) is 0 Å². The minimum atomic E-state index is 0.270. The number of hydrogen-bond donors (Lipinski definition) is 2. The molecule has 0 bridgehead atoms. The first-order chi connectivity index (χ1) is 7.99. The third-order valence-corrected chi connectivity index (χ3v) is 5.16. The Balaban J connectivity index is 1.92. The van der Waals surface area contributed by atoms with Gasteiger partial charge in [-0.25, -0.2) is 0 Å². The Labute approximate surface area is 107 Å². The molecule has 0 amide bonds. The highest BCUT2D eigenvalue weighted by Crippen LogP contribution is 2.41. The van der Waals surface area contributed by atoms with Crippen molar-refractivity contribution in [2.75, 3.05) is 6.54 Å². The molecule has 2 nitrogen and oxygen atoms in total. The Morgan fingerprint density at radius 3 is 2.41 bits per heavy atom. The molecule has 2 aliphatic rings. The molecular weight excluding hydrogens is 208 g/mol. The number of rotatable bonds is 4. The fourth-order valence-electron chi connectivity index (χ4n) is 3.95. The minimum absolute atomic E-state index is 0.270. The summed E-state index contributed by atoms with van der Waals surface area (Å²) in [6, 6.07) is 0.712. The van der Waals surface area contributed by atoms with Gasteiger partial charge in [0.05, 0.1) is 0 Å². The van der Waals surface area contributed by atoms with Gasteiger partial charge in [0.15, 0.2) is 0 Å². The Kier molecular flexibility index (Phi) is 3.84. The molecule has 0 aromatic rings. The number of nitrogens with one attached hydrogen (secondary N) is 1. The van der Waals surface area contributed by atoms with Crippen LogP contribution in [0.4, 0.5) is 0 Å². The van der Waals surface area contributed by atoms with Gasteiger partial charge < -0.3 is 11.1 Å². The smallest absolute Gasteiger partial charge is 0.0309 e. The maximum absolute atomic E-state index is 6.07. The third kappa shape index (κ3) is 3.03. The van der Waals surface area contributed by atoms with Crippen molar-refractivity contribution < 1.29 is 0 Å². The van der Waals surface area contributed by atoms with E-state index in [1.54, 1.807) is 0 Å². The molecule has 3 N–H and O–H groups in total. The lowest BCUT2D eigenvalue weighted by molar-refractivity contribution is 0.272. The molecule has 0 aromatic carbocycles. The van der Waals surface area contributed by atoms with Crippen LogP contribution in [0.5, 0.6) is 0 Å². The average molecular weight is 238 g/mol. The van der Waals surface area contributed by atoms with Crippen LogP contribution in [-0.2, 0) is 0 Å². The van der Waals surface area contributed by atoms with E-state index in [2.05, 4.69) is 26.1 Å². The van der Waals surface area contributed by atoms with Crippen LogP contribution < -0.4 is 11.1 Å². The van der Waals surface area contributed by atoms with Crippen LogP contribution in [0.15, 0.2) is 0 Å². The largest absolute Gasteiger partial charge is 0.329 e. The topological polar surface area (TPSA) is 38.0 Å². The summed E-state index contributed by atoms with van der Waals surface area (Å²) in [5.41, 5.74) is 6.88. The van der Waals surface area contributed by atoms with E-state index in [0.717, 1.165) is 12.5 Å². The summed E-state index contributed by atoms with van der Waals surface area (Å²) in [6.07, 6.45) is 9.31. The molecular formula is C15H30N2. The van der Waals surface area contributed by atoms with Gasteiger partial charge in [0.2, 0.25) is 0 Å². The molecule has 17 heavy (non-hydrogen) atoms. The first-order valence-corrected chi connectivity index (χ1v) is 7.46. The van der Waals surface area contributed by atoms with Crippen LogP contribution >= 0.6 is 0 Å². The number of nitrogens with two attached hydrogens (primary N) is 1. The molecule has 3 atom stereocenters. The van der Waals surface area contributed by atoms with Crippen molar-refractivity contribution >= 4 is 0 Å². The Morgan fingerprint density at radius 1 is 1.18 bits per heavy atom. The zero-order valence-corrected chi connectivity index (χ0v) is 11.9. The summed E-state index contributed by atoms with van der Waals surface area (Å²) in [7, 11) is 0. The van der Waals surface area contributed by atoms with Gasteiger partial charge in [-0.15, -0.1) is 0 Å². The molecule has 0 saturated heterocycles. The van der Waals surface area contributed by atoms with Crippen molar-refractivity contribution in [3.05, 3.63) is 0 Å². The van der Waals surface area contributed by atoms with Gasteiger partial charge in [-0.2, -0.15) is 0 Å².